The normalized spacial score (nSPS) is 34.7. The summed E-state index contributed by atoms with van der Waals surface area (Å²) in [6.45, 7) is 2.19. The summed E-state index contributed by atoms with van der Waals surface area (Å²) in [5.74, 6) is 0.891. The van der Waals surface area contributed by atoms with Gasteiger partial charge in [0.1, 0.15) is 0 Å². The highest BCUT2D eigenvalue weighted by atomic mass is 14.7. The fourth-order valence-corrected chi connectivity index (χ4v) is 2.70. The fourth-order valence-electron chi connectivity index (χ4n) is 2.70. The van der Waals surface area contributed by atoms with Crippen LogP contribution in [0, 0.1) is 11.3 Å². The van der Waals surface area contributed by atoms with E-state index in [1.54, 1.807) is 0 Å². The van der Waals surface area contributed by atoms with E-state index >= 15 is 0 Å². The Morgan fingerprint density at radius 3 is 2.58 bits per heavy atom. The van der Waals surface area contributed by atoms with Gasteiger partial charge in [0.15, 0.2) is 0 Å². The third kappa shape index (κ3) is 1.20. The molecule has 1 fully saturated rings. The Kier molecular flexibility index (Phi) is 1.99. The van der Waals surface area contributed by atoms with Crippen molar-refractivity contribution in [3.63, 3.8) is 0 Å². The van der Waals surface area contributed by atoms with E-state index in [-0.39, 0.29) is 0 Å². The first-order valence-corrected chi connectivity index (χ1v) is 5.16. The standard InChI is InChI=1S/C11H19N/c1-9(12)11(7-8-11)10-5-3-2-4-6-10/h2-3,9-10H,4-8,12H2,1H3. The monoisotopic (exact) mass is 165 g/mol. The van der Waals surface area contributed by atoms with Gasteiger partial charge in [-0.05, 0) is 50.4 Å². The second-order valence-electron chi connectivity index (χ2n) is 4.50. The molecular weight excluding hydrogens is 146 g/mol. The molecule has 0 aromatic heterocycles. The van der Waals surface area contributed by atoms with Crippen molar-refractivity contribution in [1.82, 2.24) is 0 Å². The van der Waals surface area contributed by atoms with Crippen LogP contribution < -0.4 is 5.73 Å². The van der Waals surface area contributed by atoms with Crippen molar-refractivity contribution in [3.8, 4) is 0 Å². The van der Waals surface area contributed by atoms with Crippen LogP contribution in [-0.2, 0) is 0 Å². The zero-order valence-corrected chi connectivity index (χ0v) is 7.92. The highest BCUT2D eigenvalue weighted by Crippen LogP contribution is 2.57. The average Bonchev–Trinajstić information content (AvgIpc) is 2.86. The molecule has 2 aliphatic carbocycles. The minimum Gasteiger partial charge on any atom is -0.327 e. The first kappa shape index (κ1) is 8.31. The van der Waals surface area contributed by atoms with E-state index in [1.165, 1.54) is 32.1 Å². The third-order valence-corrected chi connectivity index (χ3v) is 3.82. The van der Waals surface area contributed by atoms with Crippen molar-refractivity contribution < 1.29 is 0 Å². The van der Waals surface area contributed by atoms with E-state index in [4.69, 9.17) is 5.73 Å². The predicted octanol–water partition coefficient (Wildman–Crippen LogP) is 2.47. The maximum atomic E-state index is 6.04. The van der Waals surface area contributed by atoms with Gasteiger partial charge in [-0.15, -0.1) is 0 Å². The third-order valence-electron chi connectivity index (χ3n) is 3.82. The number of allylic oxidation sites excluding steroid dienone is 2. The second kappa shape index (κ2) is 2.88. The van der Waals surface area contributed by atoms with Crippen molar-refractivity contribution in [1.29, 1.82) is 0 Å². The summed E-state index contributed by atoms with van der Waals surface area (Å²) >= 11 is 0. The molecule has 0 radical (unpaired) electrons. The summed E-state index contributed by atoms with van der Waals surface area (Å²) in [6.07, 6.45) is 11.3. The van der Waals surface area contributed by atoms with Gasteiger partial charge in [-0.25, -0.2) is 0 Å². The number of hydrogen-bond acceptors (Lipinski definition) is 1. The van der Waals surface area contributed by atoms with Gasteiger partial charge in [-0.3, -0.25) is 0 Å². The van der Waals surface area contributed by atoms with Crippen molar-refractivity contribution in [2.45, 2.75) is 45.1 Å². The Bertz CT molecular complexity index is 189. The van der Waals surface area contributed by atoms with Gasteiger partial charge in [0, 0.05) is 6.04 Å². The zero-order valence-electron chi connectivity index (χ0n) is 7.92. The summed E-state index contributed by atoms with van der Waals surface area (Å²) in [4.78, 5) is 0. The van der Waals surface area contributed by atoms with Crippen molar-refractivity contribution >= 4 is 0 Å². The lowest BCUT2D eigenvalue weighted by molar-refractivity contribution is 0.246. The minimum atomic E-state index is 0.411. The Labute approximate surface area is 75.0 Å². The summed E-state index contributed by atoms with van der Waals surface area (Å²) in [5.41, 5.74) is 6.59. The summed E-state index contributed by atoms with van der Waals surface area (Å²) in [5, 5.41) is 0. The predicted molar refractivity (Wildman–Crippen MR) is 51.8 cm³/mol. The molecule has 2 rings (SSSR count). The van der Waals surface area contributed by atoms with Crippen LogP contribution in [0.5, 0.6) is 0 Å². The van der Waals surface area contributed by atoms with E-state index in [0.717, 1.165) is 5.92 Å². The van der Waals surface area contributed by atoms with Crippen molar-refractivity contribution in [2.75, 3.05) is 0 Å². The molecule has 0 saturated heterocycles. The molecule has 68 valence electrons. The molecule has 1 saturated carbocycles. The molecule has 0 aliphatic heterocycles. The van der Waals surface area contributed by atoms with Crippen LogP contribution in [0.25, 0.3) is 0 Å². The van der Waals surface area contributed by atoms with Crippen LogP contribution in [0.3, 0.4) is 0 Å². The fraction of sp³-hybridized carbons (Fsp3) is 0.818. The van der Waals surface area contributed by atoms with Gasteiger partial charge in [-0.1, -0.05) is 12.2 Å². The smallest absolute Gasteiger partial charge is 0.00698 e. The molecule has 1 nitrogen and oxygen atoms in total. The number of rotatable bonds is 2. The Hall–Kier alpha value is -0.300. The van der Waals surface area contributed by atoms with Crippen LogP contribution >= 0.6 is 0 Å². The van der Waals surface area contributed by atoms with Gasteiger partial charge >= 0.3 is 0 Å². The molecule has 12 heavy (non-hydrogen) atoms. The van der Waals surface area contributed by atoms with Crippen molar-refractivity contribution in [3.05, 3.63) is 12.2 Å². The lowest BCUT2D eigenvalue weighted by Crippen LogP contribution is -2.34. The van der Waals surface area contributed by atoms with Gasteiger partial charge < -0.3 is 5.73 Å². The van der Waals surface area contributed by atoms with E-state index in [9.17, 15) is 0 Å². The zero-order chi connectivity index (χ0) is 8.60. The van der Waals surface area contributed by atoms with Crippen molar-refractivity contribution in [2.24, 2.45) is 17.1 Å². The highest BCUT2D eigenvalue weighted by molar-refractivity contribution is 5.07. The SMILES string of the molecule is CC(N)C1(C2CC=CCC2)CC1. The molecule has 2 unspecified atom stereocenters. The minimum absolute atomic E-state index is 0.411. The lowest BCUT2D eigenvalue weighted by atomic mass is 9.77. The van der Waals surface area contributed by atoms with E-state index in [2.05, 4.69) is 19.1 Å². The van der Waals surface area contributed by atoms with Crippen LogP contribution in [0.15, 0.2) is 12.2 Å². The quantitative estimate of drug-likeness (QED) is 0.625. The first-order chi connectivity index (χ1) is 5.76. The topological polar surface area (TPSA) is 26.0 Å². The van der Waals surface area contributed by atoms with Crippen LogP contribution in [-0.4, -0.2) is 6.04 Å². The molecule has 2 atom stereocenters. The largest absolute Gasteiger partial charge is 0.327 e. The first-order valence-electron chi connectivity index (χ1n) is 5.16. The molecule has 1 heteroatoms. The van der Waals surface area contributed by atoms with Gasteiger partial charge in [0.25, 0.3) is 0 Å². The maximum absolute atomic E-state index is 6.04. The molecule has 0 spiro atoms. The van der Waals surface area contributed by atoms with Gasteiger partial charge in [-0.2, -0.15) is 0 Å². The molecule has 0 aromatic carbocycles. The summed E-state index contributed by atoms with van der Waals surface area (Å²) in [6, 6.07) is 0.411. The van der Waals surface area contributed by atoms with Crippen LogP contribution in [0.4, 0.5) is 0 Å². The van der Waals surface area contributed by atoms with Crippen LogP contribution in [0.1, 0.15) is 39.0 Å². The van der Waals surface area contributed by atoms with Gasteiger partial charge in [0.05, 0.1) is 0 Å². The number of hydrogen-bond donors (Lipinski definition) is 1. The van der Waals surface area contributed by atoms with Gasteiger partial charge in [0.2, 0.25) is 0 Å². The lowest BCUT2D eigenvalue weighted by Gasteiger charge is -2.31. The molecule has 0 aromatic rings. The molecule has 0 amide bonds. The molecular formula is C11H19N. The summed E-state index contributed by atoms with van der Waals surface area (Å²) in [7, 11) is 0. The Balaban J connectivity index is 2.03. The average molecular weight is 165 g/mol. The van der Waals surface area contributed by atoms with E-state index in [1.807, 2.05) is 0 Å². The van der Waals surface area contributed by atoms with E-state index in [0.29, 0.717) is 11.5 Å². The Morgan fingerprint density at radius 1 is 1.42 bits per heavy atom. The number of nitrogens with two attached hydrogens (primary N) is 1. The Morgan fingerprint density at radius 2 is 2.17 bits per heavy atom. The molecule has 0 heterocycles. The maximum Gasteiger partial charge on any atom is 0.00698 e. The van der Waals surface area contributed by atoms with E-state index < -0.39 is 0 Å². The molecule has 0 bridgehead atoms. The second-order valence-corrected chi connectivity index (χ2v) is 4.50. The molecule has 2 N–H and O–H groups in total. The highest BCUT2D eigenvalue weighted by Gasteiger charge is 2.51. The van der Waals surface area contributed by atoms with Crippen LogP contribution in [0.2, 0.25) is 0 Å². The summed E-state index contributed by atoms with van der Waals surface area (Å²) < 4.78 is 0. The molecule has 2 aliphatic rings.